The molecule has 0 saturated carbocycles. The number of pyridine rings is 1. The van der Waals surface area contributed by atoms with Crippen LogP contribution in [0.2, 0.25) is 0 Å². The van der Waals surface area contributed by atoms with Gasteiger partial charge in [-0.1, -0.05) is 12.0 Å². The molecule has 6 heterocycles. The minimum absolute atomic E-state index is 0.0321. The molecule has 4 atom stereocenters. The lowest BCUT2D eigenvalue weighted by atomic mass is 9.92. The van der Waals surface area contributed by atoms with E-state index < -0.39 is 18.7 Å². The summed E-state index contributed by atoms with van der Waals surface area (Å²) in [5.41, 5.74) is 1.77. The first-order chi connectivity index (χ1) is 21.9. The van der Waals surface area contributed by atoms with Crippen molar-refractivity contribution in [3.63, 3.8) is 0 Å². The maximum absolute atomic E-state index is 14.8. The number of aromatic hydroxyl groups is 1. The molecule has 4 fully saturated rings. The summed E-state index contributed by atoms with van der Waals surface area (Å²) in [6.07, 6.45) is 12.2. The number of rotatable bonds is 4. The van der Waals surface area contributed by atoms with Crippen LogP contribution in [-0.2, 0) is 6.67 Å². The third-order valence-electron chi connectivity index (χ3n) is 9.56. The van der Waals surface area contributed by atoms with E-state index in [0.717, 1.165) is 38.9 Å². The molecule has 8 nitrogen and oxygen atoms in total. The smallest absolute Gasteiger partial charge is 0.318 e. The van der Waals surface area contributed by atoms with Gasteiger partial charge in [0.2, 0.25) is 0 Å². The van der Waals surface area contributed by atoms with Crippen LogP contribution < -0.4 is 15.0 Å². The van der Waals surface area contributed by atoms with Crippen LogP contribution in [0, 0.1) is 18.2 Å². The second-order valence-electron chi connectivity index (χ2n) is 12.3. The lowest BCUT2D eigenvalue weighted by molar-refractivity contribution is 0.292. The molecule has 0 radical (unpaired) electrons. The number of methoxy groups -OCH3 is 1. The molecule has 2 aromatic heterocycles. The zero-order chi connectivity index (χ0) is 31.2. The highest BCUT2D eigenvalue weighted by Gasteiger charge is 2.35. The monoisotopic (exact) mass is 616 g/mol. The molecule has 4 aliphatic heterocycles. The molecule has 4 unspecified atom stereocenters. The number of hydrogen-bond donors (Lipinski definition) is 2. The Labute approximate surface area is 259 Å². The summed E-state index contributed by atoms with van der Waals surface area (Å²) in [6.45, 7) is 2.48. The number of fused-ring (bicyclic) bond motifs is 5. The number of nitrogens with zero attached hydrogens (tertiary/aromatic N) is 5. The molecule has 4 aromatic rings. The number of alkyl halides is 2. The van der Waals surface area contributed by atoms with Gasteiger partial charge < -0.3 is 20.1 Å². The quantitative estimate of drug-likeness (QED) is 0.300. The third kappa shape index (κ3) is 5.40. The fraction of sp³-hybridized carbons (Fsp3) is 0.441. The van der Waals surface area contributed by atoms with Crippen molar-refractivity contribution >= 4 is 27.6 Å². The summed E-state index contributed by atoms with van der Waals surface area (Å²) >= 11 is 0. The highest BCUT2D eigenvalue weighted by molar-refractivity contribution is 6.04. The summed E-state index contributed by atoms with van der Waals surface area (Å²) in [5.74, 6) is 2.35. The number of nitrogens with one attached hydrogen (secondary N) is 1. The van der Waals surface area contributed by atoms with E-state index in [1.807, 2.05) is 0 Å². The van der Waals surface area contributed by atoms with Gasteiger partial charge in [-0.15, -0.1) is 6.42 Å². The van der Waals surface area contributed by atoms with Gasteiger partial charge in [0, 0.05) is 60.5 Å². The highest BCUT2D eigenvalue weighted by Crippen LogP contribution is 2.40. The molecule has 0 spiro atoms. The second kappa shape index (κ2) is 12.0. The van der Waals surface area contributed by atoms with Gasteiger partial charge in [0.05, 0.1) is 12.7 Å². The Morgan fingerprint density at radius 3 is 2.60 bits per heavy atom. The molecular weight excluding hydrogens is 581 g/mol. The van der Waals surface area contributed by atoms with Gasteiger partial charge in [0.15, 0.2) is 5.82 Å². The van der Waals surface area contributed by atoms with Crippen LogP contribution in [0.15, 0.2) is 30.5 Å². The van der Waals surface area contributed by atoms with Gasteiger partial charge in [0.1, 0.15) is 35.4 Å². The van der Waals surface area contributed by atoms with Crippen molar-refractivity contribution in [1.29, 1.82) is 0 Å². The molecule has 234 valence electrons. The molecule has 4 aliphatic rings. The van der Waals surface area contributed by atoms with E-state index >= 15 is 0 Å². The Balaban J connectivity index is 0.000000308. The average molecular weight is 617 g/mol. The Bertz CT molecular complexity index is 1790. The minimum atomic E-state index is -0.876. The van der Waals surface area contributed by atoms with Crippen LogP contribution in [0.25, 0.3) is 32.9 Å². The Morgan fingerprint density at radius 1 is 1.09 bits per heavy atom. The van der Waals surface area contributed by atoms with E-state index in [2.05, 4.69) is 36.0 Å². The van der Waals surface area contributed by atoms with E-state index in [1.165, 1.54) is 50.4 Å². The van der Waals surface area contributed by atoms with Crippen molar-refractivity contribution in [2.24, 2.45) is 0 Å². The summed E-state index contributed by atoms with van der Waals surface area (Å²) in [7, 11) is 1.46. The van der Waals surface area contributed by atoms with Crippen LogP contribution in [-0.4, -0.2) is 82.5 Å². The third-order valence-corrected chi connectivity index (χ3v) is 9.56. The van der Waals surface area contributed by atoms with E-state index in [0.29, 0.717) is 63.4 Å². The molecular formula is C34H35F3N6O2. The number of hydrogen-bond acceptors (Lipinski definition) is 8. The number of phenols is 1. The largest absolute Gasteiger partial charge is 0.508 e. The predicted molar refractivity (Wildman–Crippen MR) is 167 cm³/mol. The number of terminal acetylenes is 1. The molecule has 11 heteroatoms. The van der Waals surface area contributed by atoms with Gasteiger partial charge >= 0.3 is 6.01 Å². The second-order valence-corrected chi connectivity index (χ2v) is 12.3. The van der Waals surface area contributed by atoms with Gasteiger partial charge in [0.25, 0.3) is 0 Å². The van der Waals surface area contributed by atoms with Crippen LogP contribution >= 0.6 is 0 Å². The number of anilines is 1. The topological polar surface area (TPSA) is 86.6 Å². The number of piperazine rings is 1. The summed E-state index contributed by atoms with van der Waals surface area (Å²) in [5, 5.41) is 14.9. The van der Waals surface area contributed by atoms with Gasteiger partial charge in [-0.2, -0.15) is 9.97 Å². The fourth-order valence-electron chi connectivity index (χ4n) is 7.54. The first kappa shape index (κ1) is 29.6. The van der Waals surface area contributed by atoms with Crippen molar-refractivity contribution in [2.45, 2.75) is 63.1 Å². The minimum Gasteiger partial charge on any atom is -0.508 e. The molecule has 0 amide bonds. The first-order valence-corrected chi connectivity index (χ1v) is 15.5. The first-order valence-electron chi connectivity index (χ1n) is 15.5. The number of aromatic nitrogens is 3. The maximum atomic E-state index is 14.8. The van der Waals surface area contributed by atoms with Crippen LogP contribution in [0.4, 0.5) is 19.0 Å². The van der Waals surface area contributed by atoms with Crippen molar-refractivity contribution in [3.8, 4) is 35.2 Å². The molecule has 2 N–H and O–H groups in total. The standard InChI is InChI=1S/C27H23F2N5O2.C7H12FN/c1-3-18-22(29)7-4-14-8-17(35)9-19(23(14)18)21-11-30-25-24(20(21)10-28)32-27(36-2)33-26(25)34-12-15-5-6-16(13-34)31-15;8-6-4-7-2-1-3-9(7)5-6/h1,4,7-9,11,15-16,31,35H,5-6,10,12-13H2,2H3;6-7H,1-5H2. The van der Waals surface area contributed by atoms with Crippen molar-refractivity contribution < 1.29 is 23.0 Å². The van der Waals surface area contributed by atoms with Crippen LogP contribution in [0.1, 0.15) is 43.2 Å². The van der Waals surface area contributed by atoms with Crippen molar-refractivity contribution in [3.05, 3.63) is 47.4 Å². The molecule has 8 rings (SSSR count). The zero-order valence-corrected chi connectivity index (χ0v) is 25.1. The SMILES string of the molecule is C#Cc1c(F)ccc2cc(O)cc(-c3cnc4c(N5CC6CCC(C5)N6)nc(OC)nc4c3CF)c12.FC1CC2CCCN2C1. The van der Waals surface area contributed by atoms with E-state index in [9.17, 15) is 18.3 Å². The Kier molecular flexibility index (Phi) is 7.88. The van der Waals surface area contributed by atoms with E-state index in [4.69, 9.17) is 11.2 Å². The predicted octanol–water partition coefficient (Wildman–Crippen LogP) is 5.28. The molecule has 2 aromatic carbocycles. The highest BCUT2D eigenvalue weighted by atomic mass is 19.1. The van der Waals surface area contributed by atoms with Gasteiger partial charge in [-0.3, -0.25) is 9.88 Å². The van der Waals surface area contributed by atoms with E-state index in [-0.39, 0.29) is 22.9 Å². The fourth-order valence-corrected chi connectivity index (χ4v) is 7.54. The summed E-state index contributed by atoms with van der Waals surface area (Å²) in [4.78, 5) is 18.1. The van der Waals surface area contributed by atoms with Gasteiger partial charge in [-0.05, 0) is 67.8 Å². The van der Waals surface area contributed by atoms with Crippen molar-refractivity contribution in [1.82, 2.24) is 25.2 Å². The lowest BCUT2D eigenvalue weighted by Crippen LogP contribution is -2.51. The van der Waals surface area contributed by atoms with Crippen LogP contribution in [0.5, 0.6) is 11.8 Å². The number of ether oxygens (including phenoxy) is 1. The normalized spacial score (nSPS) is 24.0. The Hall–Kier alpha value is -4.14. The molecule has 45 heavy (non-hydrogen) atoms. The number of benzene rings is 2. The summed E-state index contributed by atoms with van der Waals surface area (Å²) in [6, 6.07) is 7.14. The van der Waals surface area contributed by atoms with E-state index in [1.54, 1.807) is 0 Å². The zero-order valence-electron chi connectivity index (χ0n) is 25.1. The van der Waals surface area contributed by atoms with Gasteiger partial charge in [-0.25, -0.2) is 13.2 Å². The average Bonchev–Trinajstić information content (AvgIpc) is 3.73. The Morgan fingerprint density at radius 2 is 1.89 bits per heavy atom. The van der Waals surface area contributed by atoms with Crippen molar-refractivity contribution in [2.75, 3.05) is 38.2 Å². The number of halogens is 3. The summed E-state index contributed by atoms with van der Waals surface area (Å²) < 4.78 is 47.4. The molecule has 4 saturated heterocycles. The maximum Gasteiger partial charge on any atom is 0.318 e. The molecule has 2 bridgehead atoms. The van der Waals surface area contributed by atoms with Crippen LogP contribution in [0.3, 0.4) is 0 Å². The molecule has 0 aliphatic carbocycles. The number of phenolic OH excluding ortho intramolecular Hbond substituents is 1. The lowest BCUT2D eigenvalue weighted by Gasteiger charge is -2.34.